The summed E-state index contributed by atoms with van der Waals surface area (Å²) < 4.78 is 15.6. The minimum Gasteiger partial charge on any atom is -0.493 e. The molecule has 1 aliphatic rings. The van der Waals surface area contributed by atoms with E-state index in [0.717, 1.165) is 23.4 Å². The molecule has 4 rings (SSSR count). The minimum absolute atomic E-state index is 0.0554. The molecule has 4 nitrogen and oxygen atoms in total. The molecule has 1 fully saturated rings. The number of azo groups is 1. The van der Waals surface area contributed by atoms with E-state index in [1.165, 1.54) is 17.7 Å². The largest absolute Gasteiger partial charge is 0.493 e. The first-order chi connectivity index (χ1) is 12.2. The third kappa shape index (κ3) is 2.91. The number of fused-ring (bicyclic) bond motifs is 1. The standard InChI is InChI=1S/C19H18FN3OS/c1-2-12-3-6-14(7-4-12)21-22-18-16-9-13(20)5-8-17(16)23(19(18)24)15-10-25-11-15/h3-9,15,24H,2,10-11H2,1H3. The smallest absolute Gasteiger partial charge is 0.221 e. The van der Waals surface area contributed by atoms with Crippen LogP contribution in [0.15, 0.2) is 52.7 Å². The summed E-state index contributed by atoms with van der Waals surface area (Å²) in [6.07, 6.45) is 0.963. The molecular formula is C19H18FN3OS. The van der Waals surface area contributed by atoms with Gasteiger partial charge in [0, 0.05) is 16.9 Å². The van der Waals surface area contributed by atoms with Crippen LogP contribution in [0.2, 0.25) is 0 Å². The van der Waals surface area contributed by atoms with Gasteiger partial charge in [0.2, 0.25) is 5.88 Å². The summed E-state index contributed by atoms with van der Waals surface area (Å²) in [5.41, 5.74) is 3.04. The van der Waals surface area contributed by atoms with Gasteiger partial charge in [-0.2, -0.15) is 16.9 Å². The number of aromatic hydroxyl groups is 1. The number of halogens is 1. The molecule has 1 aliphatic heterocycles. The van der Waals surface area contributed by atoms with E-state index in [1.807, 2.05) is 40.6 Å². The van der Waals surface area contributed by atoms with Gasteiger partial charge in [0.05, 0.1) is 17.2 Å². The molecule has 0 radical (unpaired) electrons. The summed E-state index contributed by atoms with van der Waals surface area (Å²) in [5, 5.41) is 19.7. The molecule has 128 valence electrons. The molecule has 1 N–H and O–H groups in total. The minimum atomic E-state index is -0.351. The highest BCUT2D eigenvalue weighted by atomic mass is 32.2. The predicted octanol–water partition coefficient (Wildman–Crippen LogP) is 5.75. The summed E-state index contributed by atoms with van der Waals surface area (Å²) in [7, 11) is 0. The third-order valence-electron chi connectivity index (χ3n) is 4.51. The number of rotatable bonds is 4. The summed E-state index contributed by atoms with van der Waals surface area (Å²) in [6.45, 7) is 2.09. The van der Waals surface area contributed by atoms with Gasteiger partial charge in [0.25, 0.3) is 0 Å². The fraction of sp³-hybridized carbons (Fsp3) is 0.263. The third-order valence-corrected chi connectivity index (χ3v) is 5.75. The lowest BCUT2D eigenvalue weighted by Gasteiger charge is -2.27. The molecule has 2 aromatic carbocycles. The molecule has 3 aromatic rings. The number of thioether (sulfide) groups is 1. The summed E-state index contributed by atoms with van der Waals surface area (Å²) in [5.74, 6) is 1.57. The van der Waals surface area contributed by atoms with Crippen molar-refractivity contribution in [3.05, 3.63) is 53.8 Å². The van der Waals surface area contributed by atoms with Gasteiger partial charge in [0.1, 0.15) is 5.82 Å². The van der Waals surface area contributed by atoms with E-state index in [0.29, 0.717) is 16.8 Å². The lowest BCUT2D eigenvalue weighted by Crippen LogP contribution is -2.22. The van der Waals surface area contributed by atoms with Crippen molar-refractivity contribution in [1.82, 2.24) is 4.57 Å². The first-order valence-corrected chi connectivity index (χ1v) is 9.43. The number of aromatic nitrogens is 1. The van der Waals surface area contributed by atoms with Crippen LogP contribution in [0, 0.1) is 5.82 Å². The van der Waals surface area contributed by atoms with Crippen LogP contribution in [0.25, 0.3) is 10.9 Å². The van der Waals surface area contributed by atoms with Gasteiger partial charge in [0.15, 0.2) is 5.69 Å². The zero-order valence-corrected chi connectivity index (χ0v) is 14.6. The van der Waals surface area contributed by atoms with Crippen LogP contribution >= 0.6 is 11.8 Å². The lowest BCUT2D eigenvalue weighted by molar-refractivity contribution is 0.406. The van der Waals surface area contributed by atoms with Crippen LogP contribution in [0.3, 0.4) is 0 Å². The number of hydrogen-bond donors (Lipinski definition) is 1. The first-order valence-electron chi connectivity index (χ1n) is 8.28. The van der Waals surface area contributed by atoms with Crippen molar-refractivity contribution in [3.63, 3.8) is 0 Å². The van der Waals surface area contributed by atoms with Gasteiger partial charge in [-0.05, 0) is 42.3 Å². The summed E-state index contributed by atoms with van der Waals surface area (Å²) in [6, 6.07) is 12.5. The maximum absolute atomic E-state index is 13.7. The van der Waals surface area contributed by atoms with Crippen LogP contribution in [0.1, 0.15) is 18.5 Å². The second kappa shape index (κ2) is 6.52. The molecule has 2 heterocycles. The van der Waals surface area contributed by atoms with Gasteiger partial charge < -0.3 is 9.67 Å². The van der Waals surface area contributed by atoms with Crippen molar-refractivity contribution in [1.29, 1.82) is 0 Å². The van der Waals surface area contributed by atoms with Crippen molar-refractivity contribution in [3.8, 4) is 5.88 Å². The zero-order valence-electron chi connectivity index (χ0n) is 13.8. The molecule has 0 unspecified atom stereocenters. The summed E-state index contributed by atoms with van der Waals surface area (Å²) >= 11 is 1.82. The molecule has 1 saturated heterocycles. The van der Waals surface area contributed by atoms with Crippen LogP contribution in [-0.2, 0) is 6.42 Å². The van der Waals surface area contributed by atoms with Gasteiger partial charge >= 0.3 is 0 Å². The van der Waals surface area contributed by atoms with Crippen molar-refractivity contribution in [2.75, 3.05) is 11.5 Å². The molecule has 6 heteroatoms. The van der Waals surface area contributed by atoms with E-state index in [4.69, 9.17) is 0 Å². The number of hydrogen-bond acceptors (Lipinski definition) is 4. The Kier molecular flexibility index (Phi) is 4.21. The molecule has 0 atom stereocenters. The highest BCUT2D eigenvalue weighted by Gasteiger charge is 2.27. The second-order valence-corrected chi connectivity index (χ2v) is 7.19. The average Bonchev–Trinajstić information content (AvgIpc) is 2.84. The Labute approximate surface area is 149 Å². The SMILES string of the molecule is CCc1ccc(N=Nc2c(O)n(C3CSC3)c3ccc(F)cc23)cc1. The monoisotopic (exact) mass is 355 g/mol. The van der Waals surface area contributed by atoms with Gasteiger partial charge in [-0.3, -0.25) is 0 Å². The number of nitrogens with zero attached hydrogens (tertiary/aromatic N) is 3. The number of benzene rings is 2. The second-order valence-electron chi connectivity index (χ2n) is 6.11. The van der Waals surface area contributed by atoms with Crippen molar-refractivity contribution in [2.45, 2.75) is 19.4 Å². The molecule has 0 bridgehead atoms. The lowest BCUT2D eigenvalue weighted by atomic mass is 10.2. The van der Waals surface area contributed by atoms with Gasteiger partial charge in [-0.1, -0.05) is 19.1 Å². The highest BCUT2D eigenvalue weighted by Crippen LogP contribution is 2.45. The average molecular weight is 355 g/mol. The molecule has 0 amide bonds. The Morgan fingerprint density at radius 3 is 2.56 bits per heavy atom. The maximum atomic E-state index is 13.7. The molecule has 1 aromatic heterocycles. The van der Waals surface area contributed by atoms with Crippen molar-refractivity contribution >= 4 is 34.0 Å². The summed E-state index contributed by atoms with van der Waals surface area (Å²) in [4.78, 5) is 0. The highest BCUT2D eigenvalue weighted by molar-refractivity contribution is 8.00. The Morgan fingerprint density at radius 1 is 1.16 bits per heavy atom. The van der Waals surface area contributed by atoms with E-state index in [2.05, 4.69) is 17.2 Å². The molecule has 0 saturated carbocycles. The fourth-order valence-electron chi connectivity index (χ4n) is 3.00. The van der Waals surface area contributed by atoms with Crippen LogP contribution in [0.5, 0.6) is 5.88 Å². The van der Waals surface area contributed by atoms with E-state index >= 15 is 0 Å². The zero-order chi connectivity index (χ0) is 17.4. The van der Waals surface area contributed by atoms with Crippen LogP contribution < -0.4 is 0 Å². The van der Waals surface area contributed by atoms with E-state index < -0.39 is 0 Å². The molecule has 25 heavy (non-hydrogen) atoms. The molecule has 0 aliphatic carbocycles. The fourth-order valence-corrected chi connectivity index (χ4v) is 3.75. The van der Waals surface area contributed by atoms with E-state index in [-0.39, 0.29) is 17.7 Å². The van der Waals surface area contributed by atoms with E-state index in [9.17, 15) is 9.50 Å². The molecule has 0 spiro atoms. The quantitative estimate of drug-likeness (QED) is 0.606. The molecular weight excluding hydrogens is 337 g/mol. The Balaban J connectivity index is 1.78. The topological polar surface area (TPSA) is 49.9 Å². The van der Waals surface area contributed by atoms with Crippen LogP contribution in [-0.4, -0.2) is 21.2 Å². The van der Waals surface area contributed by atoms with Gasteiger partial charge in [-0.15, -0.1) is 5.11 Å². The first kappa shape index (κ1) is 16.1. The Morgan fingerprint density at radius 2 is 1.92 bits per heavy atom. The van der Waals surface area contributed by atoms with Gasteiger partial charge in [-0.25, -0.2) is 4.39 Å². The van der Waals surface area contributed by atoms with Crippen molar-refractivity contribution < 1.29 is 9.50 Å². The van der Waals surface area contributed by atoms with Crippen LogP contribution in [0.4, 0.5) is 15.8 Å². The normalized spacial score (nSPS) is 15.1. The number of aryl methyl sites for hydroxylation is 1. The maximum Gasteiger partial charge on any atom is 0.221 e. The Bertz CT molecular complexity index is 945. The van der Waals surface area contributed by atoms with E-state index in [1.54, 1.807) is 6.07 Å². The predicted molar refractivity (Wildman–Crippen MR) is 99.9 cm³/mol. The van der Waals surface area contributed by atoms with Crippen molar-refractivity contribution in [2.24, 2.45) is 10.2 Å². The Hall–Kier alpha value is -2.34.